The quantitative estimate of drug-likeness (QED) is 0.839. The lowest BCUT2D eigenvalue weighted by molar-refractivity contribution is 1.14. The third-order valence-corrected chi connectivity index (χ3v) is 3.93. The Morgan fingerprint density at radius 1 is 1.21 bits per heavy atom. The van der Waals surface area contributed by atoms with Gasteiger partial charge in [0.15, 0.2) is 0 Å². The Morgan fingerprint density at radius 2 is 2.00 bits per heavy atom. The number of rotatable bonds is 4. The highest BCUT2D eigenvalue weighted by atomic mass is 35.5. The molecule has 2 aromatic rings. The van der Waals surface area contributed by atoms with Crippen molar-refractivity contribution in [1.82, 2.24) is 0 Å². The molecule has 0 aromatic heterocycles. The van der Waals surface area contributed by atoms with Crippen LogP contribution in [0.25, 0.3) is 0 Å². The molecule has 0 bridgehead atoms. The third kappa shape index (κ3) is 3.23. The number of nitrogens with one attached hydrogen (secondary N) is 1. The molecule has 2 nitrogen and oxygen atoms in total. The summed E-state index contributed by atoms with van der Waals surface area (Å²) in [5.74, 6) is 0. The van der Waals surface area contributed by atoms with Crippen LogP contribution in [0.3, 0.4) is 0 Å². The molecular weight excluding hydrogens is 276 g/mol. The number of benzene rings is 2. The molecule has 0 aliphatic heterocycles. The smallest absolute Gasteiger partial charge is 0.102 e. The molecule has 1 N–H and O–H groups in total. The highest BCUT2D eigenvalue weighted by Crippen LogP contribution is 2.27. The second-order valence-corrected chi connectivity index (χ2v) is 5.19. The third-order valence-electron chi connectivity index (χ3n) is 2.79. The fraction of sp³-hybridized carbons (Fsp3) is 0.133. The predicted octanol–water partition coefficient (Wildman–Crippen LogP) is 4.55. The maximum Gasteiger partial charge on any atom is 0.102 e. The molecule has 0 saturated carbocycles. The summed E-state index contributed by atoms with van der Waals surface area (Å²) < 4.78 is 0. The van der Waals surface area contributed by atoms with E-state index in [0.29, 0.717) is 12.1 Å². The molecule has 0 fully saturated rings. The van der Waals surface area contributed by atoms with Gasteiger partial charge >= 0.3 is 0 Å². The number of thioether (sulfide) groups is 1. The van der Waals surface area contributed by atoms with Crippen LogP contribution in [0.1, 0.15) is 11.1 Å². The van der Waals surface area contributed by atoms with Crippen LogP contribution in [0.15, 0.2) is 47.4 Å². The van der Waals surface area contributed by atoms with Crippen molar-refractivity contribution < 1.29 is 0 Å². The highest BCUT2D eigenvalue weighted by Gasteiger charge is 2.07. The van der Waals surface area contributed by atoms with Crippen LogP contribution < -0.4 is 5.32 Å². The van der Waals surface area contributed by atoms with Gasteiger partial charge in [-0.1, -0.05) is 35.9 Å². The van der Waals surface area contributed by atoms with Gasteiger partial charge < -0.3 is 5.32 Å². The first-order valence-electron chi connectivity index (χ1n) is 5.80. The summed E-state index contributed by atoms with van der Waals surface area (Å²) in [7, 11) is 0. The zero-order chi connectivity index (χ0) is 13.7. The Hall–Kier alpha value is -1.63. The number of hydrogen-bond acceptors (Lipinski definition) is 3. The van der Waals surface area contributed by atoms with Crippen molar-refractivity contribution in [1.29, 1.82) is 5.26 Å². The normalized spacial score (nSPS) is 9.95. The summed E-state index contributed by atoms with van der Waals surface area (Å²) >= 11 is 7.68. The summed E-state index contributed by atoms with van der Waals surface area (Å²) in [4.78, 5) is 0.978. The van der Waals surface area contributed by atoms with Gasteiger partial charge in [0.2, 0.25) is 0 Å². The first-order valence-corrected chi connectivity index (χ1v) is 7.41. The fourth-order valence-corrected chi connectivity index (χ4v) is 2.57. The molecule has 0 heterocycles. The van der Waals surface area contributed by atoms with E-state index in [4.69, 9.17) is 11.6 Å². The minimum absolute atomic E-state index is 0.603. The van der Waals surface area contributed by atoms with Crippen LogP contribution in [-0.4, -0.2) is 6.26 Å². The second kappa shape index (κ2) is 6.51. The number of halogens is 1. The molecule has 0 spiro atoms. The van der Waals surface area contributed by atoms with E-state index in [1.165, 1.54) is 0 Å². The van der Waals surface area contributed by atoms with E-state index in [2.05, 4.69) is 11.4 Å². The summed E-state index contributed by atoms with van der Waals surface area (Å²) in [5.41, 5.74) is 2.54. The van der Waals surface area contributed by atoms with E-state index in [1.807, 2.05) is 48.7 Å². The van der Waals surface area contributed by atoms with Crippen molar-refractivity contribution in [3.05, 3.63) is 58.6 Å². The Balaban J connectivity index is 2.21. The molecule has 0 aliphatic carbocycles. The molecule has 96 valence electrons. The summed E-state index contributed by atoms with van der Waals surface area (Å²) in [6.45, 7) is 0.603. The summed E-state index contributed by atoms with van der Waals surface area (Å²) in [5, 5.41) is 13.3. The second-order valence-electron chi connectivity index (χ2n) is 3.94. The van der Waals surface area contributed by atoms with Crippen molar-refractivity contribution in [2.24, 2.45) is 0 Å². The molecule has 2 aromatic carbocycles. The van der Waals surface area contributed by atoms with E-state index in [0.717, 1.165) is 21.2 Å². The lowest BCUT2D eigenvalue weighted by Crippen LogP contribution is -2.02. The highest BCUT2D eigenvalue weighted by molar-refractivity contribution is 7.98. The van der Waals surface area contributed by atoms with Crippen molar-refractivity contribution >= 4 is 29.1 Å². The molecule has 4 heteroatoms. The van der Waals surface area contributed by atoms with Crippen LogP contribution in [-0.2, 0) is 6.54 Å². The van der Waals surface area contributed by atoms with E-state index < -0.39 is 0 Å². The maximum absolute atomic E-state index is 9.25. The topological polar surface area (TPSA) is 35.8 Å². The summed E-state index contributed by atoms with van der Waals surface area (Å²) in [6.07, 6.45) is 1.97. The minimum Gasteiger partial charge on any atom is -0.380 e. The van der Waals surface area contributed by atoms with Crippen molar-refractivity contribution in [3.8, 4) is 6.07 Å². The summed E-state index contributed by atoms with van der Waals surface area (Å²) in [6, 6.07) is 15.7. The average molecular weight is 289 g/mol. The monoisotopic (exact) mass is 288 g/mol. The van der Waals surface area contributed by atoms with Gasteiger partial charge in [-0.2, -0.15) is 5.26 Å². The van der Waals surface area contributed by atoms with Crippen molar-refractivity contribution in [2.75, 3.05) is 11.6 Å². The minimum atomic E-state index is 0.603. The van der Waals surface area contributed by atoms with Crippen LogP contribution >= 0.6 is 23.4 Å². The molecule has 0 unspecified atom stereocenters. The van der Waals surface area contributed by atoms with Gasteiger partial charge in [0.25, 0.3) is 0 Å². The van der Waals surface area contributed by atoms with Gasteiger partial charge in [0, 0.05) is 16.5 Å². The Labute approximate surface area is 122 Å². The predicted molar refractivity (Wildman–Crippen MR) is 81.7 cm³/mol. The molecular formula is C15H13ClN2S. The van der Waals surface area contributed by atoms with Crippen LogP contribution in [0.4, 0.5) is 5.69 Å². The van der Waals surface area contributed by atoms with Crippen molar-refractivity contribution in [2.45, 2.75) is 11.4 Å². The Kier molecular flexibility index (Phi) is 4.73. The molecule has 0 atom stereocenters. The van der Waals surface area contributed by atoms with E-state index in [9.17, 15) is 5.26 Å². The fourth-order valence-electron chi connectivity index (χ4n) is 1.80. The average Bonchev–Trinajstić information content (AvgIpc) is 2.45. The van der Waals surface area contributed by atoms with Crippen LogP contribution in [0.2, 0.25) is 5.02 Å². The van der Waals surface area contributed by atoms with E-state index >= 15 is 0 Å². The number of nitrogens with zero attached hydrogens (tertiary/aromatic N) is 1. The lowest BCUT2D eigenvalue weighted by atomic mass is 10.1. The van der Waals surface area contributed by atoms with Crippen LogP contribution in [0, 0.1) is 11.3 Å². The Bertz CT molecular complexity index is 620. The number of nitriles is 1. The van der Waals surface area contributed by atoms with Gasteiger partial charge in [-0.05, 0) is 30.0 Å². The van der Waals surface area contributed by atoms with Gasteiger partial charge in [-0.25, -0.2) is 0 Å². The largest absolute Gasteiger partial charge is 0.380 e. The van der Waals surface area contributed by atoms with Crippen LogP contribution in [0.5, 0.6) is 0 Å². The Morgan fingerprint density at radius 3 is 2.68 bits per heavy atom. The molecule has 2 rings (SSSR count). The van der Waals surface area contributed by atoms with Gasteiger partial charge in [0.05, 0.1) is 11.3 Å². The molecule has 0 saturated heterocycles. The lowest BCUT2D eigenvalue weighted by Gasteiger charge is -2.11. The SMILES string of the molecule is CSc1cccc(NCc2ccccc2Cl)c1C#N. The first-order chi connectivity index (χ1) is 9.26. The molecule has 19 heavy (non-hydrogen) atoms. The number of hydrogen-bond donors (Lipinski definition) is 1. The van der Waals surface area contributed by atoms with Gasteiger partial charge in [-0.3, -0.25) is 0 Å². The zero-order valence-corrected chi connectivity index (χ0v) is 12.1. The maximum atomic E-state index is 9.25. The number of anilines is 1. The molecule has 0 radical (unpaired) electrons. The van der Waals surface area contributed by atoms with Gasteiger partial charge in [0.1, 0.15) is 6.07 Å². The molecule has 0 aliphatic rings. The first kappa shape index (κ1) is 13.8. The zero-order valence-electron chi connectivity index (χ0n) is 10.5. The standard InChI is InChI=1S/C15H13ClN2S/c1-19-15-8-4-7-14(12(15)9-17)18-10-11-5-2-3-6-13(11)16/h2-8,18H,10H2,1H3. The van der Waals surface area contributed by atoms with E-state index in [-0.39, 0.29) is 0 Å². The van der Waals surface area contributed by atoms with E-state index in [1.54, 1.807) is 11.8 Å². The van der Waals surface area contributed by atoms with Crippen molar-refractivity contribution in [3.63, 3.8) is 0 Å². The molecule has 0 amide bonds. The van der Waals surface area contributed by atoms with Gasteiger partial charge in [-0.15, -0.1) is 11.8 Å².